The van der Waals surface area contributed by atoms with Gasteiger partial charge in [0.15, 0.2) is 17.3 Å². The lowest BCUT2D eigenvalue weighted by atomic mass is 9.34. The molecular weight excluding hydrogens is 400 g/mol. The molecule has 6 atom stereocenters. The van der Waals surface area contributed by atoms with Crippen LogP contribution in [0.15, 0.2) is 18.2 Å². The summed E-state index contributed by atoms with van der Waals surface area (Å²) in [5.41, 5.74) is 2.13. The van der Waals surface area contributed by atoms with Gasteiger partial charge in [0.2, 0.25) is 0 Å². The van der Waals surface area contributed by atoms with E-state index in [1.54, 1.807) is 13.0 Å². The number of hydrogen-bond acceptors (Lipinski definition) is 4. The molecular formula is C28H36O4. The van der Waals surface area contributed by atoms with Crippen LogP contribution in [0, 0.1) is 34.5 Å². The molecule has 3 N–H and O–H groups in total. The monoisotopic (exact) mass is 436 g/mol. The highest BCUT2D eigenvalue weighted by Crippen LogP contribution is 2.75. The summed E-state index contributed by atoms with van der Waals surface area (Å²) in [7, 11) is 0. The minimum atomic E-state index is -1.26. The average molecular weight is 437 g/mol. The van der Waals surface area contributed by atoms with Crippen LogP contribution in [0.25, 0.3) is 11.6 Å². The second-order valence-corrected chi connectivity index (χ2v) is 12.2. The second-order valence-electron chi connectivity index (χ2n) is 12.2. The molecule has 0 heterocycles. The van der Waals surface area contributed by atoms with E-state index < -0.39 is 5.60 Å². The standard InChI is InChI=1S/C28H36O4/c1-16-17-7-9-25(3)19(18(17)13-20(29)23(16)31)8-10-26(4)21-14-27(5,32)22(30)15-24(21,2)11-12-28(25,26)6/h7-9,13,21,29,31-32H,10-12,14-15H2,1-6H3/t21-,24+,25-,26+,27-,28-/m1/s1. The van der Waals surface area contributed by atoms with Gasteiger partial charge in [0.05, 0.1) is 0 Å². The molecule has 0 bridgehead atoms. The van der Waals surface area contributed by atoms with Crippen LogP contribution in [0.5, 0.6) is 11.5 Å². The van der Waals surface area contributed by atoms with E-state index in [0.29, 0.717) is 18.4 Å². The lowest BCUT2D eigenvalue weighted by Gasteiger charge is -2.70. The van der Waals surface area contributed by atoms with Gasteiger partial charge < -0.3 is 15.3 Å². The Balaban J connectivity index is 1.70. The smallest absolute Gasteiger partial charge is 0.164 e. The molecule has 0 unspecified atom stereocenters. The molecule has 4 aliphatic carbocycles. The van der Waals surface area contributed by atoms with Crippen LogP contribution in [0.2, 0.25) is 0 Å². The Morgan fingerprint density at radius 3 is 2.44 bits per heavy atom. The Labute approximate surface area is 191 Å². The topological polar surface area (TPSA) is 77.8 Å². The first kappa shape index (κ1) is 21.8. The van der Waals surface area contributed by atoms with E-state index in [2.05, 4.69) is 45.9 Å². The number of benzene rings is 1. The number of fused-ring (bicyclic) bond motifs is 7. The maximum absolute atomic E-state index is 12.7. The first-order valence-electron chi connectivity index (χ1n) is 11.9. The van der Waals surface area contributed by atoms with Crippen LogP contribution < -0.4 is 0 Å². The lowest BCUT2D eigenvalue weighted by molar-refractivity contribution is -0.193. The molecule has 4 nitrogen and oxygen atoms in total. The van der Waals surface area contributed by atoms with Crippen LogP contribution >= 0.6 is 0 Å². The fourth-order valence-electron chi connectivity index (χ4n) is 8.10. The zero-order valence-corrected chi connectivity index (χ0v) is 20.2. The van der Waals surface area contributed by atoms with E-state index in [9.17, 15) is 20.1 Å². The molecule has 4 aliphatic rings. The van der Waals surface area contributed by atoms with E-state index in [4.69, 9.17) is 0 Å². The fourth-order valence-corrected chi connectivity index (χ4v) is 8.10. The normalized spacial score (nSPS) is 44.8. The maximum atomic E-state index is 12.7. The molecule has 2 fully saturated rings. The number of ketones is 1. The van der Waals surface area contributed by atoms with Gasteiger partial charge in [-0.1, -0.05) is 45.9 Å². The van der Waals surface area contributed by atoms with Crippen molar-refractivity contribution in [3.05, 3.63) is 34.9 Å². The Morgan fingerprint density at radius 2 is 1.75 bits per heavy atom. The number of aromatic hydroxyl groups is 2. The van der Waals surface area contributed by atoms with Gasteiger partial charge in [0, 0.05) is 17.4 Å². The number of aliphatic hydroxyl groups is 1. The van der Waals surface area contributed by atoms with Gasteiger partial charge in [0.25, 0.3) is 0 Å². The summed E-state index contributed by atoms with van der Waals surface area (Å²) >= 11 is 0. The summed E-state index contributed by atoms with van der Waals surface area (Å²) in [4.78, 5) is 12.7. The molecule has 0 spiro atoms. The van der Waals surface area contributed by atoms with Crippen molar-refractivity contribution in [2.45, 2.75) is 79.2 Å². The molecule has 0 aliphatic heterocycles. The molecule has 0 radical (unpaired) electrons. The summed E-state index contributed by atoms with van der Waals surface area (Å²) in [6.45, 7) is 12.9. The van der Waals surface area contributed by atoms with Crippen molar-refractivity contribution in [1.29, 1.82) is 0 Å². The summed E-state index contributed by atoms with van der Waals surface area (Å²) < 4.78 is 0. The highest BCUT2D eigenvalue weighted by Gasteiger charge is 2.68. The highest BCUT2D eigenvalue weighted by molar-refractivity contribution is 5.89. The molecule has 0 amide bonds. The summed E-state index contributed by atoms with van der Waals surface area (Å²) in [5, 5.41) is 31.6. The maximum Gasteiger partial charge on any atom is 0.164 e. The number of hydrogen-bond donors (Lipinski definition) is 3. The zero-order chi connectivity index (χ0) is 23.5. The van der Waals surface area contributed by atoms with Crippen molar-refractivity contribution >= 4 is 17.4 Å². The third-order valence-corrected chi connectivity index (χ3v) is 10.7. The third-order valence-electron chi connectivity index (χ3n) is 10.7. The molecule has 4 heteroatoms. The van der Waals surface area contributed by atoms with Gasteiger partial charge in [-0.25, -0.2) is 0 Å². The molecule has 172 valence electrons. The third kappa shape index (κ3) is 2.35. The van der Waals surface area contributed by atoms with Crippen molar-refractivity contribution in [2.24, 2.45) is 27.6 Å². The van der Waals surface area contributed by atoms with Crippen molar-refractivity contribution in [3.63, 3.8) is 0 Å². The first-order valence-corrected chi connectivity index (χ1v) is 11.9. The van der Waals surface area contributed by atoms with Crippen molar-refractivity contribution in [2.75, 3.05) is 0 Å². The Bertz CT molecular complexity index is 1110. The van der Waals surface area contributed by atoms with Gasteiger partial charge in [-0.3, -0.25) is 4.79 Å². The molecule has 5 rings (SSSR count). The summed E-state index contributed by atoms with van der Waals surface area (Å²) in [6.07, 6.45) is 10.6. The Morgan fingerprint density at radius 1 is 1.06 bits per heavy atom. The predicted octanol–water partition coefficient (Wildman–Crippen LogP) is 5.77. The number of carbonyl (C=O) groups is 1. The summed E-state index contributed by atoms with van der Waals surface area (Å²) in [6, 6.07) is 1.72. The summed E-state index contributed by atoms with van der Waals surface area (Å²) in [5.74, 6) is 0.100. The quantitative estimate of drug-likeness (QED) is 0.451. The minimum Gasteiger partial charge on any atom is -0.504 e. The second kappa shape index (κ2) is 6.08. The van der Waals surface area contributed by atoms with Gasteiger partial charge in [0.1, 0.15) is 5.60 Å². The minimum absolute atomic E-state index is 0.0149. The number of phenolic OH excluding ortho intramolecular Hbond substituents is 2. The van der Waals surface area contributed by atoms with E-state index in [1.807, 2.05) is 6.92 Å². The predicted molar refractivity (Wildman–Crippen MR) is 126 cm³/mol. The van der Waals surface area contributed by atoms with E-state index >= 15 is 0 Å². The van der Waals surface area contributed by atoms with E-state index in [1.165, 1.54) is 5.57 Å². The Kier molecular flexibility index (Phi) is 4.13. The fraction of sp³-hybridized carbons (Fsp3) is 0.607. The molecule has 1 aromatic rings. The largest absolute Gasteiger partial charge is 0.504 e. The molecule has 2 saturated carbocycles. The molecule has 32 heavy (non-hydrogen) atoms. The van der Waals surface area contributed by atoms with Crippen molar-refractivity contribution in [1.82, 2.24) is 0 Å². The van der Waals surface area contributed by atoms with Crippen LogP contribution in [0.3, 0.4) is 0 Å². The molecule has 1 aromatic carbocycles. The van der Waals surface area contributed by atoms with Crippen LogP contribution in [-0.4, -0.2) is 26.7 Å². The zero-order valence-electron chi connectivity index (χ0n) is 20.2. The van der Waals surface area contributed by atoms with Crippen LogP contribution in [-0.2, 0) is 4.79 Å². The van der Waals surface area contributed by atoms with Crippen LogP contribution in [0.4, 0.5) is 0 Å². The van der Waals surface area contributed by atoms with Gasteiger partial charge in [-0.15, -0.1) is 0 Å². The average Bonchev–Trinajstić information content (AvgIpc) is 2.71. The van der Waals surface area contributed by atoms with Gasteiger partial charge >= 0.3 is 0 Å². The van der Waals surface area contributed by atoms with Crippen molar-refractivity contribution < 1.29 is 20.1 Å². The van der Waals surface area contributed by atoms with E-state index in [-0.39, 0.29) is 44.9 Å². The van der Waals surface area contributed by atoms with E-state index in [0.717, 1.165) is 30.4 Å². The number of Topliss-reactive ketones (excluding diaryl/α,β-unsaturated/α-hetero) is 1. The Hall–Kier alpha value is -2.07. The number of carbonyl (C=O) groups excluding carboxylic acids is 1. The lowest BCUT2D eigenvalue weighted by Crippen LogP contribution is -2.65. The number of rotatable bonds is 0. The van der Waals surface area contributed by atoms with Crippen molar-refractivity contribution in [3.8, 4) is 11.5 Å². The van der Waals surface area contributed by atoms with Crippen LogP contribution in [0.1, 0.15) is 83.4 Å². The first-order chi connectivity index (χ1) is 14.7. The number of allylic oxidation sites excluding steroid dienone is 3. The SMILES string of the molecule is Cc1c(O)c(O)cc2c1C=C[C@]1(C)C2=CC[C@@]2(C)[C@@H]3C[C@@](C)(O)C(=O)C[C@]3(C)CC[C@@]21C. The van der Waals surface area contributed by atoms with Gasteiger partial charge in [-0.2, -0.15) is 0 Å². The molecule has 0 aromatic heterocycles. The highest BCUT2D eigenvalue weighted by atomic mass is 16.3. The molecule has 0 saturated heterocycles. The van der Waals surface area contributed by atoms with Gasteiger partial charge in [-0.05, 0) is 84.5 Å². The number of phenols is 2.